The Hall–Kier alpha value is 0.730. The summed E-state index contributed by atoms with van der Waals surface area (Å²) in [7, 11) is -3.56. The molecule has 1 rings (SSSR count). The lowest BCUT2D eigenvalue weighted by Gasteiger charge is -1.76. The number of hydrogen-bond acceptors (Lipinski definition) is 2. The molecule has 0 spiro atoms. The topological polar surface area (TPSA) is 49.8 Å². The van der Waals surface area contributed by atoms with Gasteiger partial charge in [0.15, 0.2) is 0 Å². The van der Waals surface area contributed by atoms with E-state index < -0.39 is 11.9 Å². The number of halogens is 2. The fourth-order valence-corrected chi connectivity index (χ4v) is 1.16. The van der Waals surface area contributed by atoms with Crippen LogP contribution in [-0.4, -0.2) is 9.15 Å². The van der Waals surface area contributed by atoms with E-state index in [1.165, 1.54) is 0 Å². The van der Waals surface area contributed by atoms with E-state index in [1.807, 2.05) is 0 Å². The predicted octanol–water partition coefficient (Wildman–Crippen LogP) is 1.29. The van der Waals surface area contributed by atoms with Gasteiger partial charge >= 0.3 is 11.9 Å². The van der Waals surface area contributed by atoms with Crippen molar-refractivity contribution in [2.24, 2.45) is 0 Å². The summed E-state index contributed by atoms with van der Waals surface area (Å²) in [6.07, 6.45) is 0. The van der Waals surface area contributed by atoms with Crippen LogP contribution in [0.1, 0.15) is 0 Å². The molecular weight excluding hydrogens is 162 g/mol. The molecule has 0 aromatic heterocycles. The summed E-state index contributed by atoms with van der Waals surface area (Å²) in [6, 6.07) is 0. The average Bonchev–Trinajstić information content (AvgIpc) is 1.63. The molecule has 7 heavy (non-hydrogen) atoms. The van der Waals surface area contributed by atoms with Crippen LogP contribution in [0.4, 0.5) is 0 Å². The Kier molecular flexibility index (Phi) is 0.981. The maximum Gasteiger partial charge on any atom is 0.394 e. The number of rotatable bonds is 0. The first kappa shape index (κ1) is 5.86. The maximum atomic E-state index is 10.0. The highest BCUT2D eigenvalue weighted by Crippen LogP contribution is 2.79. The zero-order valence-corrected chi connectivity index (χ0v) is 5.37. The molecule has 0 saturated carbocycles. The standard InChI is InChI=1S/CHCl2O3P/c2-1(3)6-7(1,4)5/h(H,4,5). The minimum Gasteiger partial charge on any atom is -0.320 e. The molecule has 0 radical (unpaired) electrons. The Bertz CT molecular complexity index is 142. The van der Waals surface area contributed by atoms with E-state index in [4.69, 9.17) is 28.1 Å². The van der Waals surface area contributed by atoms with Crippen LogP contribution in [0.2, 0.25) is 0 Å². The summed E-state index contributed by atoms with van der Waals surface area (Å²) in [5, 5.41) is 0. The lowest BCUT2D eigenvalue weighted by molar-refractivity contribution is 0.424. The second-order valence-electron chi connectivity index (χ2n) is 1.10. The highest BCUT2D eigenvalue weighted by Gasteiger charge is 2.67. The Morgan fingerprint density at radius 2 is 1.86 bits per heavy atom. The second-order valence-corrected chi connectivity index (χ2v) is 4.74. The molecule has 1 saturated heterocycles. The van der Waals surface area contributed by atoms with Crippen LogP contribution >= 0.6 is 30.8 Å². The van der Waals surface area contributed by atoms with Crippen LogP contribution in [0, 0.1) is 0 Å². The van der Waals surface area contributed by atoms with Crippen LogP contribution < -0.4 is 0 Å². The van der Waals surface area contributed by atoms with E-state index in [0.29, 0.717) is 0 Å². The molecule has 3 nitrogen and oxygen atoms in total. The van der Waals surface area contributed by atoms with E-state index in [-0.39, 0.29) is 0 Å². The van der Waals surface area contributed by atoms with E-state index in [2.05, 4.69) is 4.52 Å². The fourth-order valence-electron chi connectivity index (χ4n) is 0.128. The molecule has 42 valence electrons. The molecule has 0 bridgehead atoms. The third kappa shape index (κ3) is 0.799. The Balaban J connectivity index is 2.78. The van der Waals surface area contributed by atoms with Gasteiger partial charge in [0, 0.05) is 0 Å². The third-order valence-electron chi connectivity index (χ3n) is 0.530. The lowest BCUT2D eigenvalue weighted by Crippen LogP contribution is -1.77. The molecule has 1 N–H and O–H groups in total. The van der Waals surface area contributed by atoms with Gasteiger partial charge in [-0.05, 0) is 0 Å². The van der Waals surface area contributed by atoms with Crippen molar-refractivity contribution >= 4 is 30.8 Å². The SMILES string of the molecule is O=P1(O)OC1(Cl)Cl. The molecule has 1 heterocycles. The van der Waals surface area contributed by atoms with Crippen LogP contribution in [0.5, 0.6) is 0 Å². The monoisotopic (exact) mass is 162 g/mol. The van der Waals surface area contributed by atoms with Crippen LogP contribution in [0.15, 0.2) is 0 Å². The van der Waals surface area contributed by atoms with Gasteiger partial charge in [-0.15, -0.1) is 0 Å². The zero-order valence-electron chi connectivity index (χ0n) is 2.97. The van der Waals surface area contributed by atoms with Gasteiger partial charge in [-0.25, -0.2) is 0 Å². The van der Waals surface area contributed by atoms with E-state index >= 15 is 0 Å². The Labute approximate surface area is 49.7 Å². The van der Waals surface area contributed by atoms with Crippen molar-refractivity contribution in [2.45, 2.75) is 4.26 Å². The molecule has 1 aliphatic rings. The van der Waals surface area contributed by atoms with Gasteiger partial charge < -0.3 is 4.89 Å². The van der Waals surface area contributed by atoms with Crippen molar-refractivity contribution in [1.29, 1.82) is 0 Å². The maximum absolute atomic E-state index is 10.0. The van der Waals surface area contributed by atoms with Crippen molar-refractivity contribution in [3.05, 3.63) is 0 Å². The molecule has 1 fully saturated rings. The van der Waals surface area contributed by atoms with E-state index in [9.17, 15) is 4.57 Å². The summed E-state index contributed by atoms with van der Waals surface area (Å²) in [5.41, 5.74) is 0. The molecular formula is CHCl2O3P. The van der Waals surface area contributed by atoms with Gasteiger partial charge in [-0.2, -0.15) is 0 Å². The summed E-state index contributed by atoms with van der Waals surface area (Å²) in [6.45, 7) is 0. The third-order valence-corrected chi connectivity index (χ3v) is 3.29. The smallest absolute Gasteiger partial charge is 0.320 e. The molecule has 0 aromatic rings. The molecule has 0 aliphatic carbocycles. The van der Waals surface area contributed by atoms with Gasteiger partial charge in [0.25, 0.3) is 0 Å². The largest absolute Gasteiger partial charge is 0.394 e. The summed E-state index contributed by atoms with van der Waals surface area (Å²) >= 11 is 9.93. The molecule has 1 unspecified atom stereocenters. The second kappa shape index (κ2) is 1.17. The quantitative estimate of drug-likeness (QED) is 0.332. The normalized spacial score (nSPS) is 46.1. The number of alkyl halides is 2. The summed E-state index contributed by atoms with van der Waals surface area (Å²) in [5.74, 6) is 0. The van der Waals surface area contributed by atoms with Crippen molar-refractivity contribution in [1.82, 2.24) is 0 Å². The average molecular weight is 163 g/mol. The first-order valence-corrected chi connectivity index (χ1v) is 3.70. The van der Waals surface area contributed by atoms with Gasteiger partial charge in [0.1, 0.15) is 0 Å². The van der Waals surface area contributed by atoms with Crippen molar-refractivity contribution < 1.29 is 14.0 Å². The Morgan fingerprint density at radius 1 is 1.71 bits per heavy atom. The van der Waals surface area contributed by atoms with E-state index in [1.54, 1.807) is 0 Å². The molecule has 6 heteroatoms. The van der Waals surface area contributed by atoms with Crippen LogP contribution in [0.25, 0.3) is 0 Å². The lowest BCUT2D eigenvalue weighted by atomic mass is 11.7. The first-order valence-electron chi connectivity index (χ1n) is 1.37. The van der Waals surface area contributed by atoms with Gasteiger partial charge in [-0.3, -0.25) is 9.09 Å². The van der Waals surface area contributed by atoms with Crippen LogP contribution in [0.3, 0.4) is 0 Å². The molecule has 0 amide bonds. The van der Waals surface area contributed by atoms with E-state index in [0.717, 1.165) is 0 Å². The zero-order chi connectivity index (χ0) is 5.71. The summed E-state index contributed by atoms with van der Waals surface area (Å²) in [4.78, 5) is 8.23. The van der Waals surface area contributed by atoms with Gasteiger partial charge in [-0.1, -0.05) is 23.2 Å². The Morgan fingerprint density at radius 3 is 1.86 bits per heavy atom. The van der Waals surface area contributed by atoms with Gasteiger partial charge in [0.2, 0.25) is 0 Å². The first-order chi connectivity index (χ1) is 2.96. The molecule has 0 aromatic carbocycles. The minimum absolute atomic E-state index is 1.80. The van der Waals surface area contributed by atoms with Crippen molar-refractivity contribution in [2.75, 3.05) is 0 Å². The highest BCUT2D eigenvalue weighted by atomic mass is 35.5. The molecule has 1 aliphatic heterocycles. The van der Waals surface area contributed by atoms with Crippen molar-refractivity contribution in [3.8, 4) is 0 Å². The fraction of sp³-hybridized carbons (Fsp3) is 1.00. The molecule has 1 atom stereocenters. The highest BCUT2D eigenvalue weighted by molar-refractivity contribution is 7.65. The van der Waals surface area contributed by atoms with Crippen LogP contribution in [-0.2, 0) is 9.09 Å². The minimum atomic E-state index is -3.56. The van der Waals surface area contributed by atoms with Crippen molar-refractivity contribution in [3.63, 3.8) is 0 Å². The predicted molar refractivity (Wildman–Crippen MR) is 25.3 cm³/mol. The number of hydrogen-bond donors (Lipinski definition) is 1. The summed E-state index contributed by atoms with van der Waals surface area (Å²) < 4.78 is 12.2. The van der Waals surface area contributed by atoms with Gasteiger partial charge in [0.05, 0.1) is 0 Å².